The third-order valence-electron chi connectivity index (χ3n) is 6.03. The highest BCUT2D eigenvalue weighted by Crippen LogP contribution is 2.37. The number of pyridine rings is 1. The van der Waals surface area contributed by atoms with E-state index in [1.807, 2.05) is 0 Å². The lowest BCUT2D eigenvalue weighted by Crippen LogP contribution is -2.26. The summed E-state index contributed by atoms with van der Waals surface area (Å²) >= 11 is 0. The van der Waals surface area contributed by atoms with Crippen molar-refractivity contribution in [3.05, 3.63) is 52.7 Å². The molecule has 0 radical (unpaired) electrons. The van der Waals surface area contributed by atoms with Gasteiger partial charge < -0.3 is 14.6 Å². The normalized spacial score (nSPS) is 21.9. The summed E-state index contributed by atoms with van der Waals surface area (Å²) in [5.74, 6) is 1.29. The van der Waals surface area contributed by atoms with Crippen LogP contribution in [0.4, 0.5) is 0 Å². The van der Waals surface area contributed by atoms with Gasteiger partial charge in [0.1, 0.15) is 12.4 Å². The number of aromatic nitrogens is 1. The highest BCUT2D eigenvalue weighted by atomic mass is 16.5. The smallest absolute Gasteiger partial charge is 0.217 e. The summed E-state index contributed by atoms with van der Waals surface area (Å²) in [5, 5.41) is 10.5. The van der Waals surface area contributed by atoms with Gasteiger partial charge in [0, 0.05) is 18.2 Å². The van der Waals surface area contributed by atoms with Crippen molar-refractivity contribution in [1.29, 1.82) is 0 Å². The zero-order valence-electron chi connectivity index (χ0n) is 16.8. The van der Waals surface area contributed by atoms with Crippen molar-refractivity contribution < 1.29 is 14.6 Å². The fourth-order valence-electron chi connectivity index (χ4n) is 4.40. The highest BCUT2D eigenvalue weighted by molar-refractivity contribution is 5.42. The minimum atomic E-state index is 0.142. The number of aromatic hydroxyl groups is 1. The van der Waals surface area contributed by atoms with E-state index in [9.17, 15) is 5.11 Å². The molecule has 0 bridgehead atoms. The fourth-order valence-corrected chi connectivity index (χ4v) is 4.40. The van der Waals surface area contributed by atoms with Crippen molar-refractivity contribution in [2.24, 2.45) is 0 Å². The fraction of sp³-hybridized carbons (Fsp3) is 0.542. The molecule has 0 spiro atoms. The first-order valence-corrected chi connectivity index (χ1v) is 10.8. The van der Waals surface area contributed by atoms with E-state index in [-0.39, 0.29) is 6.10 Å². The Morgan fingerprint density at radius 3 is 2.79 bits per heavy atom. The lowest BCUT2D eigenvalue weighted by molar-refractivity contribution is -0.0120. The third-order valence-corrected chi connectivity index (χ3v) is 6.03. The molecule has 1 N–H and O–H groups in total. The van der Waals surface area contributed by atoms with Crippen LogP contribution < -0.4 is 4.74 Å². The quantitative estimate of drug-likeness (QED) is 0.768. The van der Waals surface area contributed by atoms with Gasteiger partial charge in [0.2, 0.25) is 5.88 Å². The Morgan fingerprint density at radius 1 is 1.18 bits per heavy atom. The van der Waals surface area contributed by atoms with Gasteiger partial charge in [-0.3, -0.25) is 0 Å². The monoisotopic (exact) mass is 381 g/mol. The van der Waals surface area contributed by atoms with Gasteiger partial charge in [-0.25, -0.2) is 4.98 Å². The summed E-state index contributed by atoms with van der Waals surface area (Å²) in [6.45, 7) is 3.54. The largest absolute Gasteiger partial charge is 0.507 e. The summed E-state index contributed by atoms with van der Waals surface area (Å²) < 4.78 is 11.6. The molecule has 1 fully saturated rings. The molecular formula is C24H31NO3. The molecule has 1 aromatic heterocycles. The van der Waals surface area contributed by atoms with Crippen LogP contribution in [0.15, 0.2) is 30.3 Å². The molecule has 28 heavy (non-hydrogen) atoms. The first kappa shape index (κ1) is 19.3. The number of rotatable bonds is 6. The molecule has 4 rings (SSSR count). The molecule has 2 heterocycles. The molecule has 1 saturated heterocycles. The predicted octanol–water partition coefficient (Wildman–Crippen LogP) is 4.96. The van der Waals surface area contributed by atoms with Crippen molar-refractivity contribution in [3.8, 4) is 11.6 Å². The molecule has 2 aliphatic rings. The average molecular weight is 382 g/mol. The van der Waals surface area contributed by atoms with Gasteiger partial charge in [0.05, 0.1) is 11.8 Å². The Labute approximate surface area is 167 Å². The van der Waals surface area contributed by atoms with Crippen molar-refractivity contribution >= 4 is 0 Å². The van der Waals surface area contributed by atoms with Crippen LogP contribution in [0.25, 0.3) is 0 Å². The molecule has 4 heteroatoms. The van der Waals surface area contributed by atoms with Crippen molar-refractivity contribution in [2.45, 2.75) is 70.3 Å². The van der Waals surface area contributed by atoms with Gasteiger partial charge in [0.15, 0.2) is 0 Å². The molecule has 2 atom stereocenters. The summed E-state index contributed by atoms with van der Waals surface area (Å²) in [5.41, 5.74) is 4.74. The van der Waals surface area contributed by atoms with Gasteiger partial charge in [-0.15, -0.1) is 0 Å². The average Bonchev–Trinajstić information content (AvgIpc) is 2.73. The van der Waals surface area contributed by atoms with E-state index in [0.717, 1.165) is 56.4 Å². The second kappa shape index (κ2) is 8.95. The minimum absolute atomic E-state index is 0.142. The van der Waals surface area contributed by atoms with E-state index in [1.165, 1.54) is 24.0 Å². The predicted molar refractivity (Wildman–Crippen MR) is 110 cm³/mol. The lowest BCUT2D eigenvalue weighted by atomic mass is 9.82. The number of hydrogen-bond acceptors (Lipinski definition) is 4. The maximum absolute atomic E-state index is 10.5. The Bertz CT molecular complexity index is 781. The van der Waals surface area contributed by atoms with Crippen LogP contribution in [0, 0.1) is 0 Å². The summed E-state index contributed by atoms with van der Waals surface area (Å²) in [7, 11) is 0. The summed E-state index contributed by atoms with van der Waals surface area (Å²) in [6, 6.07) is 10.7. The molecule has 2 unspecified atom stereocenters. The highest BCUT2D eigenvalue weighted by Gasteiger charge is 2.25. The molecule has 2 aromatic rings. The van der Waals surface area contributed by atoms with Crippen LogP contribution in [0.3, 0.4) is 0 Å². The Hall–Kier alpha value is -2.07. The van der Waals surface area contributed by atoms with Crippen molar-refractivity contribution in [2.75, 3.05) is 13.2 Å². The molecule has 1 aliphatic heterocycles. The van der Waals surface area contributed by atoms with Crippen molar-refractivity contribution in [3.63, 3.8) is 0 Å². The second-order valence-corrected chi connectivity index (χ2v) is 8.14. The van der Waals surface area contributed by atoms with Gasteiger partial charge in [-0.2, -0.15) is 0 Å². The van der Waals surface area contributed by atoms with Gasteiger partial charge in [0.25, 0.3) is 0 Å². The van der Waals surface area contributed by atoms with Crippen LogP contribution in [0.5, 0.6) is 11.6 Å². The molecule has 0 saturated carbocycles. The van der Waals surface area contributed by atoms with Gasteiger partial charge in [-0.1, -0.05) is 37.6 Å². The number of ether oxygens (including phenoxy) is 2. The van der Waals surface area contributed by atoms with Crippen LogP contribution >= 0.6 is 0 Å². The standard InChI is InChI=1S/C24H31NO3/c1-2-5-17-7-9-18(10-8-17)19-11-12-21-22(14-19)25-24(15-23(21)26)28-16-20-6-3-4-13-27-20/h7-10,15,19-20H,2-6,11-14,16H2,1H3,(H,25,26). The van der Waals surface area contributed by atoms with E-state index in [0.29, 0.717) is 24.2 Å². The Balaban J connectivity index is 1.45. The number of aryl methyl sites for hydroxylation is 1. The van der Waals surface area contributed by atoms with E-state index in [1.54, 1.807) is 6.07 Å². The number of nitrogens with zero attached hydrogens (tertiary/aromatic N) is 1. The number of hydrogen-bond donors (Lipinski definition) is 1. The van der Waals surface area contributed by atoms with E-state index >= 15 is 0 Å². The topological polar surface area (TPSA) is 51.6 Å². The molecule has 1 aliphatic carbocycles. The maximum atomic E-state index is 10.5. The van der Waals surface area contributed by atoms with E-state index in [2.05, 4.69) is 31.2 Å². The minimum Gasteiger partial charge on any atom is -0.507 e. The molecule has 4 nitrogen and oxygen atoms in total. The molecule has 1 aromatic carbocycles. The first-order chi connectivity index (χ1) is 13.7. The number of fused-ring (bicyclic) bond motifs is 1. The van der Waals surface area contributed by atoms with Crippen LogP contribution in [-0.2, 0) is 24.0 Å². The molecular weight excluding hydrogens is 350 g/mol. The van der Waals surface area contributed by atoms with Gasteiger partial charge >= 0.3 is 0 Å². The zero-order chi connectivity index (χ0) is 19.3. The Morgan fingerprint density at radius 2 is 2.04 bits per heavy atom. The molecule has 0 amide bonds. The molecule has 150 valence electrons. The maximum Gasteiger partial charge on any atom is 0.217 e. The van der Waals surface area contributed by atoms with Gasteiger partial charge in [-0.05, 0) is 62.0 Å². The van der Waals surface area contributed by atoms with Crippen LogP contribution in [-0.4, -0.2) is 29.4 Å². The Kier molecular flexibility index (Phi) is 6.16. The van der Waals surface area contributed by atoms with Crippen LogP contribution in [0.2, 0.25) is 0 Å². The van der Waals surface area contributed by atoms with Crippen molar-refractivity contribution in [1.82, 2.24) is 4.98 Å². The third kappa shape index (κ3) is 4.49. The number of benzene rings is 1. The SMILES string of the molecule is CCCc1ccc(C2CCc3c(O)cc(OCC4CCCCO4)nc3C2)cc1. The van der Waals surface area contributed by atoms with Crippen LogP contribution in [0.1, 0.15) is 67.3 Å². The van der Waals surface area contributed by atoms with E-state index < -0.39 is 0 Å². The summed E-state index contributed by atoms with van der Waals surface area (Å²) in [4.78, 5) is 4.74. The second-order valence-electron chi connectivity index (χ2n) is 8.14. The first-order valence-electron chi connectivity index (χ1n) is 10.8. The zero-order valence-corrected chi connectivity index (χ0v) is 16.8. The van der Waals surface area contributed by atoms with E-state index in [4.69, 9.17) is 14.5 Å². The lowest BCUT2D eigenvalue weighted by Gasteiger charge is -2.26. The summed E-state index contributed by atoms with van der Waals surface area (Å²) in [6.07, 6.45) is 8.57.